The fourth-order valence-electron chi connectivity index (χ4n) is 2.37. The summed E-state index contributed by atoms with van der Waals surface area (Å²) in [5.74, 6) is 0. The molecule has 87 valence electrons. The first kappa shape index (κ1) is 11.0. The summed E-state index contributed by atoms with van der Waals surface area (Å²) in [5.41, 5.74) is 5.25. The lowest BCUT2D eigenvalue weighted by Crippen LogP contribution is -2.23. The van der Waals surface area contributed by atoms with Crippen molar-refractivity contribution in [3.05, 3.63) is 41.5 Å². The largest absolute Gasteiger partial charge is 0.416 e. The quantitative estimate of drug-likeness (QED) is 0.738. The van der Waals surface area contributed by atoms with Gasteiger partial charge in [-0.05, 0) is 46.8 Å². The maximum atomic E-state index is 5.87. The predicted molar refractivity (Wildman–Crippen MR) is 75.0 cm³/mol. The van der Waals surface area contributed by atoms with Crippen molar-refractivity contribution in [3.63, 3.8) is 0 Å². The van der Waals surface area contributed by atoms with E-state index in [1.807, 2.05) is 0 Å². The summed E-state index contributed by atoms with van der Waals surface area (Å²) in [6.07, 6.45) is 6.90. The third-order valence-corrected chi connectivity index (χ3v) is 5.85. The summed E-state index contributed by atoms with van der Waals surface area (Å²) in [7, 11) is -0.616. The topological polar surface area (TPSA) is 9.23 Å². The van der Waals surface area contributed by atoms with Crippen molar-refractivity contribution >= 4 is 26.8 Å². The summed E-state index contributed by atoms with van der Waals surface area (Å²) < 4.78 is 5.87. The summed E-state index contributed by atoms with van der Waals surface area (Å²) in [6, 6.07) is 9.00. The van der Waals surface area contributed by atoms with Crippen LogP contribution in [0.3, 0.4) is 0 Å². The van der Waals surface area contributed by atoms with Crippen LogP contribution in [0.4, 0.5) is 0 Å². The molecule has 1 radical (unpaired) electrons. The molecule has 2 heteroatoms. The van der Waals surface area contributed by atoms with Gasteiger partial charge in [0.2, 0.25) is 9.04 Å². The fourth-order valence-corrected chi connectivity index (χ4v) is 4.55. The van der Waals surface area contributed by atoms with Gasteiger partial charge in [-0.3, -0.25) is 0 Å². The molecule has 0 amide bonds. The van der Waals surface area contributed by atoms with E-state index in [9.17, 15) is 0 Å². The van der Waals surface area contributed by atoms with E-state index in [1.165, 1.54) is 41.1 Å². The number of rotatable bonds is 3. The maximum absolute atomic E-state index is 5.87. The Hall–Kier alpha value is -1.12. The van der Waals surface area contributed by atoms with E-state index in [2.05, 4.69) is 36.9 Å². The fraction of sp³-hybridized carbons (Fsp3) is 0.333. The van der Waals surface area contributed by atoms with Crippen molar-refractivity contribution in [2.45, 2.75) is 24.9 Å². The number of hydrogen-bond donors (Lipinski definition) is 0. The molecule has 1 aliphatic carbocycles. The molecule has 2 aliphatic rings. The molecule has 0 saturated carbocycles. The molecular formula is C15H17OSi. The Bertz CT molecular complexity index is 470. The Balaban J connectivity index is 1.67. The average molecular weight is 241 g/mol. The van der Waals surface area contributed by atoms with Crippen molar-refractivity contribution < 1.29 is 4.43 Å². The molecule has 3 rings (SSSR count). The van der Waals surface area contributed by atoms with Gasteiger partial charge in [0.15, 0.2) is 0 Å². The van der Waals surface area contributed by atoms with Gasteiger partial charge in [0.1, 0.15) is 0 Å². The summed E-state index contributed by atoms with van der Waals surface area (Å²) in [5, 5.41) is 0. The van der Waals surface area contributed by atoms with Gasteiger partial charge in [-0.15, -0.1) is 0 Å². The van der Waals surface area contributed by atoms with Crippen LogP contribution in [0.25, 0.3) is 17.7 Å². The summed E-state index contributed by atoms with van der Waals surface area (Å²) in [6.45, 7) is 5.20. The SMILES string of the molecule is C=C(C[Si]1CCCCO1)c1ccc2c(c1)C=C2. The number of fused-ring (bicyclic) bond motifs is 1. The zero-order chi connectivity index (χ0) is 11.7. The van der Waals surface area contributed by atoms with Gasteiger partial charge in [-0.25, -0.2) is 0 Å². The van der Waals surface area contributed by atoms with E-state index in [0.29, 0.717) is 0 Å². The second-order valence-electron chi connectivity index (χ2n) is 4.80. The van der Waals surface area contributed by atoms with Crippen molar-refractivity contribution in [3.8, 4) is 0 Å². The molecule has 0 unspecified atom stereocenters. The first-order valence-corrected chi connectivity index (χ1v) is 8.13. The molecule has 1 aromatic carbocycles. The highest BCUT2D eigenvalue weighted by Gasteiger charge is 2.19. The lowest BCUT2D eigenvalue weighted by atomic mass is 9.94. The first-order chi connectivity index (χ1) is 8.33. The minimum atomic E-state index is -0.616. The van der Waals surface area contributed by atoms with Crippen LogP contribution in [0, 0.1) is 0 Å². The van der Waals surface area contributed by atoms with Gasteiger partial charge in [0, 0.05) is 6.61 Å². The lowest BCUT2D eigenvalue weighted by molar-refractivity contribution is 0.289. The van der Waals surface area contributed by atoms with Crippen molar-refractivity contribution in [1.82, 2.24) is 0 Å². The van der Waals surface area contributed by atoms with Crippen LogP contribution in [-0.2, 0) is 4.43 Å². The molecule has 0 aromatic heterocycles. The Morgan fingerprint density at radius 1 is 1.24 bits per heavy atom. The zero-order valence-electron chi connectivity index (χ0n) is 10.0. The van der Waals surface area contributed by atoms with Crippen LogP contribution in [0.2, 0.25) is 12.1 Å². The summed E-state index contributed by atoms with van der Waals surface area (Å²) in [4.78, 5) is 0. The Morgan fingerprint density at radius 3 is 2.76 bits per heavy atom. The molecule has 0 bridgehead atoms. The summed E-state index contributed by atoms with van der Waals surface area (Å²) >= 11 is 0. The van der Waals surface area contributed by atoms with Crippen LogP contribution in [0.5, 0.6) is 0 Å². The highest BCUT2D eigenvalue weighted by Crippen LogP contribution is 2.29. The monoisotopic (exact) mass is 241 g/mol. The Labute approximate surface area is 105 Å². The van der Waals surface area contributed by atoms with Gasteiger partial charge >= 0.3 is 0 Å². The van der Waals surface area contributed by atoms with E-state index in [1.54, 1.807) is 0 Å². The minimum Gasteiger partial charge on any atom is -0.416 e. The second-order valence-corrected chi connectivity index (χ2v) is 7.02. The number of benzene rings is 1. The molecule has 1 aromatic rings. The van der Waals surface area contributed by atoms with E-state index < -0.39 is 9.04 Å². The van der Waals surface area contributed by atoms with Crippen molar-refractivity contribution in [2.24, 2.45) is 0 Å². The lowest BCUT2D eigenvalue weighted by Gasteiger charge is -2.21. The van der Waals surface area contributed by atoms with Crippen LogP contribution >= 0.6 is 0 Å². The van der Waals surface area contributed by atoms with E-state index in [-0.39, 0.29) is 0 Å². The standard InChI is InChI=1S/C15H17OSi/c1-12(11-17-9-3-2-8-16-17)14-6-4-13-5-7-15(13)10-14/h4-7,10H,1-3,8-9,11H2. The Kier molecular flexibility index (Phi) is 2.99. The minimum absolute atomic E-state index is 0.616. The van der Waals surface area contributed by atoms with Crippen LogP contribution in [0.1, 0.15) is 29.5 Å². The molecule has 1 fully saturated rings. The maximum Gasteiger partial charge on any atom is 0.215 e. The smallest absolute Gasteiger partial charge is 0.215 e. The molecule has 1 aliphatic heterocycles. The second kappa shape index (κ2) is 4.63. The van der Waals surface area contributed by atoms with Crippen molar-refractivity contribution in [1.29, 1.82) is 0 Å². The van der Waals surface area contributed by atoms with E-state index in [4.69, 9.17) is 4.43 Å². The third kappa shape index (κ3) is 2.28. The average Bonchev–Trinajstić information content (AvgIpc) is 2.32. The van der Waals surface area contributed by atoms with Crippen LogP contribution in [-0.4, -0.2) is 15.6 Å². The highest BCUT2D eigenvalue weighted by atomic mass is 28.3. The van der Waals surface area contributed by atoms with Gasteiger partial charge in [0.05, 0.1) is 0 Å². The van der Waals surface area contributed by atoms with E-state index in [0.717, 1.165) is 12.7 Å². The van der Waals surface area contributed by atoms with Crippen LogP contribution in [0.15, 0.2) is 24.8 Å². The molecule has 1 nitrogen and oxygen atoms in total. The van der Waals surface area contributed by atoms with Crippen LogP contribution < -0.4 is 0 Å². The number of hydrogen-bond acceptors (Lipinski definition) is 1. The zero-order valence-corrected chi connectivity index (χ0v) is 11.0. The molecular weight excluding hydrogens is 224 g/mol. The highest BCUT2D eigenvalue weighted by molar-refractivity contribution is 6.54. The predicted octanol–water partition coefficient (Wildman–Crippen LogP) is 3.99. The molecule has 0 spiro atoms. The first-order valence-electron chi connectivity index (χ1n) is 6.31. The third-order valence-electron chi connectivity index (χ3n) is 3.50. The van der Waals surface area contributed by atoms with Gasteiger partial charge in [-0.1, -0.05) is 37.3 Å². The molecule has 1 heterocycles. The van der Waals surface area contributed by atoms with Gasteiger partial charge < -0.3 is 4.43 Å². The van der Waals surface area contributed by atoms with E-state index >= 15 is 0 Å². The molecule has 17 heavy (non-hydrogen) atoms. The van der Waals surface area contributed by atoms with Crippen molar-refractivity contribution in [2.75, 3.05) is 6.61 Å². The van der Waals surface area contributed by atoms with Gasteiger partial charge in [-0.2, -0.15) is 0 Å². The number of allylic oxidation sites excluding steroid dienone is 1. The van der Waals surface area contributed by atoms with Gasteiger partial charge in [0.25, 0.3) is 0 Å². The normalized spacial score (nSPS) is 18.6. The molecule has 0 N–H and O–H groups in total. The molecule has 0 atom stereocenters. The molecule has 1 saturated heterocycles. The Morgan fingerprint density at radius 2 is 2.12 bits per heavy atom.